The van der Waals surface area contributed by atoms with E-state index in [0.29, 0.717) is 6.04 Å². The molecule has 2 fully saturated rings. The largest absolute Gasteiger partial charge is 0.289 e. The molecule has 1 aromatic rings. The van der Waals surface area contributed by atoms with E-state index in [-0.39, 0.29) is 0 Å². The van der Waals surface area contributed by atoms with Crippen molar-refractivity contribution in [1.29, 1.82) is 0 Å². The zero-order valence-corrected chi connectivity index (χ0v) is 13.0. The van der Waals surface area contributed by atoms with Crippen LogP contribution < -0.4 is 0 Å². The lowest BCUT2D eigenvalue weighted by molar-refractivity contribution is 0.0860. The average Bonchev–Trinajstić information content (AvgIpc) is 2.44. The summed E-state index contributed by atoms with van der Waals surface area (Å²) < 4.78 is 0. The van der Waals surface area contributed by atoms with Gasteiger partial charge in [0.05, 0.1) is 0 Å². The molecule has 4 rings (SSSR count). The van der Waals surface area contributed by atoms with Crippen molar-refractivity contribution in [1.82, 2.24) is 4.90 Å². The van der Waals surface area contributed by atoms with Gasteiger partial charge in [-0.1, -0.05) is 67.7 Å². The Balaban J connectivity index is 1.48. The molecule has 1 saturated carbocycles. The van der Waals surface area contributed by atoms with Gasteiger partial charge in [0, 0.05) is 18.6 Å². The molecule has 0 spiro atoms. The maximum absolute atomic E-state index is 2.78. The molecule has 1 nitrogen and oxygen atoms in total. The summed E-state index contributed by atoms with van der Waals surface area (Å²) in [5.74, 6) is 1.03. The van der Waals surface area contributed by atoms with Gasteiger partial charge in [-0.25, -0.2) is 0 Å². The Kier molecular flexibility index (Phi) is 3.85. The third-order valence-electron chi connectivity index (χ3n) is 5.84. The second-order valence-electron chi connectivity index (χ2n) is 7.34. The summed E-state index contributed by atoms with van der Waals surface area (Å²) in [7, 11) is 0. The van der Waals surface area contributed by atoms with Crippen LogP contribution >= 0.6 is 0 Å². The van der Waals surface area contributed by atoms with Gasteiger partial charge in [-0.05, 0) is 37.2 Å². The van der Waals surface area contributed by atoms with Gasteiger partial charge in [0.15, 0.2) is 0 Å². The Morgan fingerprint density at radius 3 is 2.48 bits per heavy atom. The molecule has 1 heteroatoms. The summed E-state index contributed by atoms with van der Waals surface area (Å²) in [6.07, 6.45) is 14.1. The molecular formula is C20H27N. The van der Waals surface area contributed by atoms with E-state index in [2.05, 4.69) is 41.3 Å². The van der Waals surface area contributed by atoms with Crippen LogP contribution in [0.2, 0.25) is 0 Å². The van der Waals surface area contributed by atoms with Crippen molar-refractivity contribution >= 4 is 0 Å². The van der Waals surface area contributed by atoms with Crippen molar-refractivity contribution in [3.63, 3.8) is 0 Å². The van der Waals surface area contributed by atoms with Crippen molar-refractivity contribution in [2.75, 3.05) is 0 Å². The third-order valence-corrected chi connectivity index (χ3v) is 5.84. The molecule has 2 bridgehead atoms. The van der Waals surface area contributed by atoms with E-state index in [0.717, 1.165) is 18.5 Å². The van der Waals surface area contributed by atoms with Crippen LogP contribution in [-0.4, -0.2) is 17.0 Å². The van der Waals surface area contributed by atoms with Crippen LogP contribution in [0.1, 0.15) is 56.9 Å². The molecule has 2 atom stereocenters. The van der Waals surface area contributed by atoms with Crippen molar-refractivity contribution in [2.45, 2.75) is 70.0 Å². The highest BCUT2D eigenvalue weighted by Gasteiger charge is 2.34. The van der Waals surface area contributed by atoms with E-state index in [4.69, 9.17) is 0 Å². The maximum atomic E-state index is 2.78. The second kappa shape index (κ2) is 5.96. The van der Waals surface area contributed by atoms with Crippen LogP contribution in [0.3, 0.4) is 0 Å². The normalized spacial score (nSPS) is 29.8. The second-order valence-corrected chi connectivity index (χ2v) is 7.34. The minimum Gasteiger partial charge on any atom is -0.289 e. The maximum Gasteiger partial charge on any atom is 0.0287 e. The molecule has 2 heterocycles. The highest BCUT2D eigenvalue weighted by molar-refractivity contribution is 5.20. The van der Waals surface area contributed by atoms with Crippen molar-refractivity contribution < 1.29 is 0 Å². The van der Waals surface area contributed by atoms with Crippen LogP contribution in [0.25, 0.3) is 0 Å². The number of rotatable bonds is 4. The lowest BCUT2D eigenvalue weighted by atomic mass is 9.76. The van der Waals surface area contributed by atoms with Crippen LogP contribution in [-0.2, 0) is 6.54 Å². The third kappa shape index (κ3) is 2.94. The number of hydrogen-bond acceptors (Lipinski definition) is 1. The van der Waals surface area contributed by atoms with Gasteiger partial charge >= 0.3 is 0 Å². The first-order valence-electron chi connectivity index (χ1n) is 8.88. The zero-order valence-electron chi connectivity index (χ0n) is 13.0. The molecular weight excluding hydrogens is 254 g/mol. The van der Waals surface area contributed by atoms with Crippen LogP contribution in [0, 0.1) is 5.92 Å². The van der Waals surface area contributed by atoms with Crippen LogP contribution in [0.5, 0.6) is 0 Å². The summed E-state index contributed by atoms with van der Waals surface area (Å²) in [6.45, 7) is 1.14. The summed E-state index contributed by atoms with van der Waals surface area (Å²) >= 11 is 0. The fraction of sp³-hybridized carbons (Fsp3) is 0.600. The first kappa shape index (κ1) is 13.6. The highest BCUT2D eigenvalue weighted by Crippen LogP contribution is 2.39. The highest BCUT2D eigenvalue weighted by atomic mass is 15.2. The molecule has 21 heavy (non-hydrogen) atoms. The SMILES string of the molecule is C1=C(CC2CCC2)CC2CCCC1N2Cc1ccccc1. The molecule has 1 saturated heterocycles. The molecule has 0 aromatic heterocycles. The topological polar surface area (TPSA) is 3.24 Å². The molecule has 0 N–H and O–H groups in total. The Labute approximate surface area is 129 Å². The van der Waals surface area contributed by atoms with Gasteiger partial charge < -0.3 is 0 Å². The van der Waals surface area contributed by atoms with E-state index in [1.165, 1.54) is 56.9 Å². The Bertz CT molecular complexity index is 500. The van der Waals surface area contributed by atoms with Gasteiger partial charge in [-0.3, -0.25) is 4.90 Å². The molecule has 0 radical (unpaired) electrons. The first-order valence-corrected chi connectivity index (χ1v) is 8.88. The van der Waals surface area contributed by atoms with Gasteiger partial charge in [-0.15, -0.1) is 0 Å². The molecule has 3 aliphatic rings. The number of fused-ring (bicyclic) bond motifs is 2. The number of hydrogen-bond donors (Lipinski definition) is 0. The minimum atomic E-state index is 0.716. The molecule has 2 aliphatic heterocycles. The molecule has 112 valence electrons. The minimum absolute atomic E-state index is 0.716. The van der Waals surface area contributed by atoms with Gasteiger partial charge in [0.1, 0.15) is 0 Å². The van der Waals surface area contributed by atoms with E-state index in [1.807, 2.05) is 0 Å². The average molecular weight is 281 g/mol. The number of nitrogens with zero attached hydrogens (tertiary/aromatic N) is 1. The van der Waals surface area contributed by atoms with E-state index in [1.54, 1.807) is 5.57 Å². The summed E-state index contributed by atoms with van der Waals surface area (Å²) in [5.41, 5.74) is 3.27. The Morgan fingerprint density at radius 1 is 0.952 bits per heavy atom. The lowest BCUT2D eigenvalue weighted by Gasteiger charge is -2.46. The van der Waals surface area contributed by atoms with Crippen molar-refractivity contribution in [3.05, 3.63) is 47.5 Å². The van der Waals surface area contributed by atoms with E-state index >= 15 is 0 Å². The van der Waals surface area contributed by atoms with Crippen molar-refractivity contribution in [2.24, 2.45) is 5.92 Å². The lowest BCUT2D eigenvalue weighted by Crippen LogP contribution is -2.48. The first-order chi connectivity index (χ1) is 10.4. The Hall–Kier alpha value is -1.08. The smallest absolute Gasteiger partial charge is 0.0287 e. The van der Waals surface area contributed by atoms with Crippen LogP contribution in [0.4, 0.5) is 0 Å². The standard InChI is InChI=1S/C20H27N/c1-2-6-17(7-3-1)15-21-19-10-5-11-20(21)14-18(13-19)12-16-8-4-9-16/h1-3,6-7,13,16,19-20H,4-5,8-12,14-15H2. The number of benzene rings is 1. The van der Waals surface area contributed by atoms with Crippen molar-refractivity contribution in [3.8, 4) is 0 Å². The van der Waals surface area contributed by atoms with Gasteiger partial charge in [0.2, 0.25) is 0 Å². The summed E-state index contributed by atoms with van der Waals surface area (Å²) in [6, 6.07) is 12.6. The van der Waals surface area contributed by atoms with Gasteiger partial charge in [0.25, 0.3) is 0 Å². The van der Waals surface area contributed by atoms with Gasteiger partial charge in [-0.2, -0.15) is 0 Å². The molecule has 2 unspecified atom stereocenters. The fourth-order valence-electron chi connectivity index (χ4n) is 4.47. The number of piperidine rings is 1. The summed E-state index contributed by atoms with van der Waals surface area (Å²) in [4.78, 5) is 2.78. The van der Waals surface area contributed by atoms with Crippen LogP contribution in [0.15, 0.2) is 42.0 Å². The molecule has 1 aromatic carbocycles. The predicted octanol–water partition coefficient (Wildman–Crippen LogP) is 4.93. The Morgan fingerprint density at radius 2 is 1.76 bits per heavy atom. The molecule has 0 amide bonds. The fourth-order valence-corrected chi connectivity index (χ4v) is 4.47. The zero-order chi connectivity index (χ0) is 14.1. The monoisotopic (exact) mass is 281 g/mol. The molecule has 1 aliphatic carbocycles. The van der Waals surface area contributed by atoms with E-state index in [9.17, 15) is 0 Å². The quantitative estimate of drug-likeness (QED) is 0.707. The summed E-state index contributed by atoms with van der Waals surface area (Å²) in [5, 5.41) is 0. The predicted molar refractivity (Wildman–Crippen MR) is 88.1 cm³/mol. The van der Waals surface area contributed by atoms with E-state index < -0.39 is 0 Å².